The summed E-state index contributed by atoms with van der Waals surface area (Å²) in [5.41, 5.74) is 4.25. The standard InChI is InChI=1S/C16H24O2Si/c1-5-19(6-2,7-3)13-12-16(17)14-8-10-15(18-4)11-9-14/h8-11,16-17H,5-7H2,1-4H3. The van der Waals surface area contributed by atoms with E-state index in [2.05, 4.69) is 32.2 Å². The summed E-state index contributed by atoms with van der Waals surface area (Å²) in [5, 5.41) is 10.1. The lowest BCUT2D eigenvalue weighted by Crippen LogP contribution is -2.29. The maximum Gasteiger partial charge on any atom is 0.139 e. The van der Waals surface area contributed by atoms with E-state index < -0.39 is 14.2 Å². The van der Waals surface area contributed by atoms with Gasteiger partial charge >= 0.3 is 0 Å². The van der Waals surface area contributed by atoms with Crippen molar-refractivity contribution in [2.75, 3.05) is 7.11 Å². The van der Waals surface area contributed by atoms with Crippen molar-refractivity contribution in [3.63, 3.8) is 0 Å². The van der Waals surface area contributed by atoms with Crippen LogP contribution in [0.3, 0.4) is 0 Å². The molecular weight excluding hydrogens is 252 g/mol. The largest absolute Gasteiger partial charge is 0.497 e. The van der Waals surface area contributed by atoms with Gasteiger partial charge in [-0.05, 0) is 35.8 Å². The molecule has 1 rings (SSSR count). The van der Waals surface area contributed by atoms with Crippen molar-refractivity contribution in [1.82, 2.24) is 0 Å². The van der Waals surface area contributed by atoms with Crippen LogP contribution >= 0.6 is 0 Å². The molecule has 0 bridgehead atoms. The van der Waals surface area contributed by atoms with E-state index in [-0.39, 0.29) is 0 Å². The van der Waals surface area contributed by atoms with Crippen LogP contribution in [-0.4, -0.2) is 20.3 Å². The van der Waals surface area contributed by atoms with E-state index >= 15 is 0 Å². The Balaban J connectivity index is 2.86. The van der Waals surface area contributed by atoms with Gasteiger partial charge in [0.15, 0.2) is 0 Å². The summed E-state index contributed by atoms with van der Waals surface area (Å²) in [6.45, 7) is 6.65. The molecule has 1 unspecified atom stereocenters. The highest BCUT2D eigenvalue weighted by Gasteiger charge is 2.24. The smallest absolute Gasteiger partial charge is 0.139 e. The third-order valence-electron chi connectivity index (χ3n) is 3.94. The van der Waals surface area contributed by atoms with Gasteiger partial charge in [0.2, 0.25) is 0 Å². The summed E-state index contributed by atoms with van der Waals surface area (Å²) < 4.78 is 5.10. The third-order valence-corrected chi connectivity index (χ3v) is 8.67. The zero-order chi connectivity index (χ0) is 14.3. The first-order chi connectivity index (χ1) is 9.10. The van der Waals surface area contributed by atoms with Gasteiger partial charge in [-0.3, -0.25) is 0 Å². The van der Waals surface area contributed by atoms with Crippen LogP contribution in [0.4, 0.5) is 0 Å². The number of aliphatic hydroxyl groups excluding tert-OH is 1. The molecule has 0 aliphatic rings. The second-order valence-electron chi connectivity index (χ2n) is 4.79. The summed E-state index contributed by atoms with van der Waals surface area (Å²) >= 11 is 0. The lowest BCUT2D eigenvalue weighted by Gasteiger charge is -2.20. The monoisotopic (exact) mass is 276 g/mol. The van der Waals surface area contributed by atoms with Gasteiger partial charge in [-0.15, -0.1) is 5.54 Å². The van der Waals surface area contributed by atoms with Gasteiger partial charge in [-0.2, -0.15) is 0 Å². The van der Waals surface area contributed by atoms with Crippen LogP contribution in [0.2, 0.25) is 18.1 Å². The van der Waals surface area contributed by atoms with Gasteiger partial charge < -0.3 is 9.84 Å². The van der Waals surface area contributed by atoms with Gasteiger partial charge in [-0.25, -0.2) is 0 Å². The minimum Gasteiger partial charge on any atom is -0.497 e. The fourth-order valence-electron chi connectivity index (χ4n) is 2.11. The maximum atomic E-state index is 10.1. The molecule has 0 saturated heterocycles. The Bertz CT molecular complexity index is 430. The molecule has 1 N–H and O–H groups in total. The number of hydrogen-bond donors (Lipinski definition) is 1. The van der Waals surface area contributed by atoms with Crippen LogP contribution in [0.25, 0.3) is 0 Å². The fraction of sp³-hybridized carbons (Fsp3) is 0.500. The van der Waals surface area contributed by atoms with E-state index in [1.165, 1.54) is 0 Å². The summed E-state index contributed by atoms with van der Waals surface area (Å²) in [6.07, 6.45) is -0.692. The summed E-state index contributed by atoms with van der Waals surface area (Å²) in [5.74, 6) is 3.85. The van der Waals surface area contributed by atoms with E-state index in [4.69, 9.17) is 4.74 Å². The van der Waals surface area contributed by atoms with E-state index in [1.807, 2.05) is 24.3 Å². The van der Waals surface area contributed by atoms with Crippen LogP contribution in [0, 0.1) is 11.5 Å². The minimum atomic E-state index is -1.48. The third kappa shape index (κ3) is 4.12. The fourth-order valence-corrected chi connectivity index (χ4v) is 4.58. The van der Waals surface area contributed by atoms with Crippen LogP contribution in [-0.2, 0) is 0 Å². The van der Waals surface area contributed by atoms with Gasteiger partial charge in [-0.1, -0.05) is 38.8 Å². The van der Waals surface area contributed by atoms with Gasteiger partial charge in [0.05, 0.1) is 7.11 Å². The first-order valence-corrected chi connectivity index (χ1v) is 9.57. The molecule has 0 aliphatic heterocycles. The summed E-state index contributed by atoms with van der Waals surface area (Å²) in [7, 11) is 0.157. The molecule has 1 atom stereocenters. The highest BCUT2D eigenvalue weighted by molar-refractivity contribution is 6.87. The van der Waals surface area contributed by atoms with Crippen molar-refractivity contribution in [3.05, 3.63) is 29.8 Å². The van der Waals surface area contributed by atoms with Crippen molar-refractivity contribution >= 4 is 8.07 Å². The van der Waals surface area contributed by atoms with Gasteiger partial charge in [0.25, 0.3) is 0 Å². The van der Waals surface area contributed by atoms with Crippen molar-refractivity contribution in [3.8, 4) is 17.2 Å². The Morgan fingerprint density at radius 2 is 1.63 bits per heavy atom. The summed E-state index contributed by atoms with van der Waals surface area (Å²) in [4.78, 5) is 0. The Kier molecular flexibility index (Phi) is 6.14. The Morgan fingerprint density at radius 1 is 1.11 bits per heavy atom. The number of benzene rings is 1. The molecule has 1 aromatic carbocycles. The molecule has 104 valence electrons. The van der Waals surface area contributed by atoms with E-state index in [0.717, 1.165) is 29.4 Å². The number of hydrogen-bond acceptors (Lipinski definition) is 2. The molecule has 19 heavy (non-hydrogen) atoms. The van der Waals surface area contributed by atoms with Crippen molar-refractivity contribution in [2.45, 2.75) is 45.0 Å². The molecule has 0 radical (unpaired) electrons. The van der Waals surface area contributed by atoms with Gasteiger partial charge in [0, 0.05) is 0 Å². The molecule has 0 fully saturated rings. The molecule has 0 saturated carbocycles. The Hall–Kier alpha value is -1.24. The van der Waals surface area contributed by atoms with E-state index in [1.54, 1.807) is 7.11 Å². The second-order valence-corrected chi connectivity index (χ2v) is 9.72. The van der Waals surface area contributed by atoms with Crippen LogP contribution in [0.1, 0.15) is 32.4 Å². The highest BCUT2D eigenvalue weighted by Crippen LogP contribution is 2.21. The van der Waals surface area contributed by atoms with E-state index in [0.29, 0.717) is 0 Å². The number of methoxy groups -OCH3 is 1. The average Bonchev–Trinajstić information content (AvgIpc) is 2.49. The zero-order valence-corrected chi connectivity index (χ0v) is 13.4. The topological polar surface area (TPSA) is 29.5 Å². The normalized spacial score (nSPS) is 12.5. The number of ether oxygens (including phenoxy) is 1. The Morgan fingerprint density at radius 3 is 2.05 bits per heavy atom. The second kappa shape index (κ2) is 7.37. The van der Waals surface area contributed by atoms with Crippen molar-refractivity contribution in [1.29, 1.82) is 0 Å². The minimum absolute atomic E-state index is 0.692. The van der Waals surface area contributed by atoms with Crippen LogP contribution in [0.5, 0.6) is 5.75 Å². The van der Waals surface area contributed by atoms with Crippen LogP contribution < -0.4 is 4.74 Å². The maximum absolute atomic E-state index is 10.1. The number of rotatable bonds is 5. The molecule has 0 amide bonds. The lowest BCUT2D eigenvalue weighted by molar-refractivity contribution is 0.238. The van der Waals surface area contributed by atoms with Crippen LogP contribution in [0.15, 0.2) is 24.3 Å². The first kappa shape index (κ1) is 15.8. The molecule has 0 aliphatic carbocycles. The van der Waals surface area contributed by atoms with Gasteiger partial charge in [0.1, 0.15) is 19.9 Å². The quantitative estimate of drug-likeness (QED) is 0.655. The van der Waals surface area contributed by atoms with E-state index in [9.17, 15) is 5.11 Å². The summed E-state index contributed by atoms with van der Waals surface area (Å²) in [6, 6.07) is 10.9. The zero-order valence-electron chi connectivity index (χ0n) is 12.4. The first-order valence-electron chi connectivity index (χ1n) is 6.95. The predicted molar refractivity (Wildman–Crippen MR) is 82.9 cm³/mol. The molecular formula is C16H24O2Si. The molecule has 3 heteroatoms. The van der Waals surface area contributed by atoms with Crippen molar-refractivity contribution < 1.29 is 9.84 Å². The predicted octanol–water partition coefficient (Wildman–Crippen LogP) is 3.78. The highest BCUT2D eigenvalue weighted by atomic mass is 28.3. The molecule has 1 aromatic rings. The number of aliphatic hydroxyl groups is 1. The molecule has 0 aromatic heterocycles. The van der Waals surface area contributed by atoms with Crippen molar-refractivity contribution in [2.24, 2.45) is 0 Å². The molecule has 0 heterocycles. The molecule has 0 spiro atoms. The molecule has 2 nitrogen and oxygen atoms in total. The lowest BCUT2D eigenvalue weighted by atomic mass is 10.1. The average molecular weight is 276 g/mol. The Labute approximate surface area is 117 Å². The SMILES string of the molecule is CC[Si](C#CC(O)c1ccc(OC)cc1)(CC)CC.